The quantitative estimate of drug-likeness (QED) is 0.852. The van der Waals surface area contributed by atoms with Crippen molar-refractivity contribution in [2.24, 2.45) is 0 Å². The number of nitrogens with one attached hydrogen (secondary N) is 1. The summed E-state index contributed by atoms with van der Waals surface area (Å²) >= 11 is 0. The fraction of sp³-hybridized carbons (Fsp3) is 0.571. The van der Waals surface area contributed by atoms with Gasteiger partial charge in [-0.3, -0.25) is 14.5 Å². The molecule has 1 aromatic rings. The van der Waals surface area contributed by atoms with E-state index >= 15 is 0 Å². The molecule has 2 aliphatic rings. The Bertz CT molecular complexity index is 513. The third-order valence-electron chi connectivity index (χ3n) is 4.06. The molecule has 5 heteroatoms. The molecule has 5 nitrogen and oxygen atoms in total. The maximum atomic E-state index is 12.1. The largest absolute Gasteiger partial charge is 0.334 e. The predicted molar refractivity (Wildman–Crippen MR) is 72.2 cm³/mol. The highest BCUT2D eigenvalue weighted by Crippen LogP contribution is 2.20. The first-order chi connectivity index (χ1) is 9.24. The first kappa shape index (κ1) is 12.4. The number of carbonyl (C=O) groups is 1. The van der Waals surface area contributed by atoms with E-state index in [9.17, 15) is 9.59 Å². The van der Waals surface area contributed by atoms with Crippen molar-refractivity contribution in [3.05, 3.63) is 34.2 Å². The number of likely N-dealkylation sites (tertiary alicyclic amines) is 2. The Balaban J connectivity index is 1.58. The van der Waals surface area contributed by atoms with Gasteiger partial charge in [0.05, 0.1) is 0 Å². The Hall–Kier alpha value is -1.62. The standard InChI is InChI=1S/C14H19N3O2/c18-13-6-4-5-12(15-13)14(19)17-9-11(10-17)16-7-2-1-3-8-16/h4-6,11H,1-3,7-10H2,(H,15,18). The summed E-state index contributed by atoms with van der Waals surface area (Å²) in [5.41, 5.74) is 0.170. The number of carbonyl (C=O) groups excluding carboxylic acids is 1. The van der Waals surface area contributed by atoms with Crippen LogP contribution in [0.4, 0.5) is 0 Å². The minimum absolute atomic E-state index is 0.0639. The summed E-state index contributed by atoms with van der Waals surface area (Å²) in [6.07, 6.45) is 3.88. The maximum absolute atomic E-state index is 12.1. The van der Waals surface area contributed by atoms with Gasteiger partial charge in [-0.2, -0.15) is 0 Å². The van der Waals surface area contributed by atoms with Crippen molar-refractivity contribution in [1.29, 1.82) is 0 Å². The van der Waals surface area contributed by atoms with Crippen LogP contribution in [0.3, 0.4) is 0 Å². The lowest BCUT2D eigenvalue weighted by Gasteiger charge is -2.46. The van der Waals surface area contributed by atoms with E-state index < -0.39 is 0 Å². The molecule has 0 aromatic carbocycles. The monoisotopic (exact) mass is 261 g/mol. The minimum atomic E-state index is -0.223. The summed E-state index contributed by atoms with van der Waals surface area (Å²) in [5, 5.41) is 0. The molecule has 3 rings (SSSR count). The van der Waals surface area contributed by atoms with Gasteiger partial charge in [-0.25, -0.2) is 0 Å². The van der Waals surface area contributed by atoms with Gasteiger partial charge < -0.3 is 9.88 Å². The molecule has 0 atom stereocenters. The average Bonchev–Trinajstić information content (AvgIpc) is 2.38. The first-order valence-electron chi connectivity index (χ1n) is 6.97. The van der Waals surface area contributed by atoms with E-state index in [-0.39, 0.29) is 11.5 Å². The third-order valence-corrected chi connectivity index (χ3v) is 4.06. The Kier molecular flexibility index (Phi) is 3.38. The number of piperidine rings is 1. The van der Waals surface area contributed by atoms with Crippen molar-refractivity contribution in [3.8, 4) is 0 Å². The van der Waals surface area contributed by atoms with Crippen LogP contribution in [0.5, 0.6) is 0 Å². The van der Waals surface area contributed by atoms with Crippen molar-refractivity contribution in [2.75, 3.05) is 26.2 Å². The molecule has 0 spiro atoms. The second-order valence-electron chi connectivity index (χ2n) is 5.39. The molecule has 1 amide bonds. The lowest BCUT2D eigenvalue weighted by Crippen LogP contribution is -2.61. The third kappa shape index (κ3) is 2.56. The van der Waals surface area contributed by atoms with Gasteiger partial charge in [0.2, 0.25) is 5.56 Å². The van der Waals surface area contributed by atoms with Crippen LogP contribution in [0.2, 0.25) is 0 Å². The Morgan fingerprint density at radius 1 is 1.16 bits per heavy atom. The summed E-state index contributed by atoms with van der Waals surface area (Å²) in [6.45, 7) is 3.90. The molecular formula is C14H19N3O2. The zero-order valence-electron chi connectivity index (χ0n) is 11.0. The minimum Gasteiger partial charge on any atom is -0.334 e. The Morgan fingerprint density at radius 3 is 2.58 bits per heavy atom. The normalized spacial score (nSPS) is 21.2. The van der Waals surface area contributed by atoms with Gasteiger partial charge in [-0.1, -0.05) is 12.5 Å². The predicted octanol–water partition coefficient (Wildman–Crippen LogP) is 0.685. The van der Waals surface area contributed by atoms with Crippen molar-refractivity contribution in [3.63, 3.8) is 0 Å². The number of rotatable bonds is 2. The highest BCUT2D eigenvalue weighted by molar-refractivity contribution is 5.92. The number of hydrogen-bond acceptors (Lipinski definition) is 3. The summed E-state index contributed by atoms with van der Waals surface area (Å²) in [6, 6.07) is 5.22. The highest BCUT2D eigenvalue weighted by atomic mass is 16.2. The lowest BCUT2D eigenvalue weighted by molar-refractivity contribution is 0.0199. The van der Waals surface area contributed by atoms with Crippen LogP contribution in [0, 0.1) is 0 Å². The van der Waals surface area contributed by atoms with Crippen LogP contribution >= 0.6 is 0 Å². The Labute approximate surface area is 112 Å². The summed E-state index contributed by atoms with van der Waals surface area (Å²) in [7, 11) is 0. The molecule has 0 radical (unpaired) electrons. The second-order valence-corrected chi connectivity index (χ2v) is 5.39. The molecule has 0 bridgehead atoms. The van der Waals surface area contributed by atoms with Crippen molar-refractivity contribution in [2.45, 2.75) is 25.3 Å². The van der Waals surface area contributed by atoms with Crippen LogP contribution in [0.1, 0.15) is 29.8 Å². The molecule has 1 aromatic heterocycles. The van der Waals surface area contributed by atoms with Gasteiger partial charge in [0.1, 0.15) is 5.69 Å². The van der Waals surface area contributed by atoms with Gasteiger partial charge in [-0.15, -0.1) is 0 Å². The van der Waals surface area contributed by atoms with Crippen molar-refractivity contribution < 1.29 is 4.79 Å². The van der Waals surface area contributed by atoms with Gasteiger partial charge in [0, 0.05) is 25.2 Å². The van der Waals surface area contributed by atoms with Crippen LogP contribution in [-0.4, -0.2) is 52.9 Å². The molecule has 0 aliphatic carbocycles. The second kappa shape index (κ2) is 5.17. The summed E-state index contributed by atoms with van der Waals surface area (Å²) < 4.78 is 0. The van der Waals surface area contributed by atoms with Crippen LogP contribution < -0.4 is 5.56 Å². The number of hydrogen-bond donors (Lipinski definition) is 1. The number of aromatic nitrogens is 1. The zero-order chi connectivity index (χ0) is 13.2. The SMILES string of the molecule is O=C(c1cccc(=O)[nH]1)N1CC(N2CCCCC2)C1. The molecule has 102 valence electrons. The number of H-pyrrole nitrogens is 1. The molecule has 19 heavy (non-hydrogen) atoms. The molecule has 0 saturated carbocycles. The van der Waals surface area contributed by atoms with Gasteiger partial charge in [-0.05, 0) is 32.0 Å². The van der Waals surface area contributed by atoms with Crippen LogP contribution in [-0.2, 0) is 0 Å². The van der Waals surface area contributed by atoms with Crippen molar-refractivity contribution >= 4 is 5.91 Å². The first-order valence-corrected chi connectivity index (χ1v) is 6.97. The van der Waals surface area contributed by atoms with E-state index in [0.717, 1.165) is 26.2 Å². The fourth-order valence-corrected chi connectivity index (χ4v) is 2.88. The Morgan fingerprint density at radius 2 is 1.89 bits per heavy atom. The maximum Gasteiger partial charge on any atom is 0.270 e. The van der Waals surface area contributed by atoms with Gasteiger partial charge >= 0.3 is 0 Å². The average molecular weight is 261 g/mol. The lowest BCUT2D eigenvalue weighted by atomic mass is 10.0. The summed E-state index contributed by atoms with van der Waals surface area (Å²) in [4.78, 5) is 30.2. The molecular weight excluding hydrogens is 242 g/mol. The number of nitrogens with zero attached hydrogens (tertiary/aromatic N) is 2. The molecule has 3 heterocycles. The fourth-order valence-electron chi connectivity index (χ4n) is 2.88. The highest BCUT2D eigenvalue weighted by Gasteiger charge is 2.35. The van der Waals surface area contributed by atoms with E-state index in [1.165, 1.54) is 25.3 Å². The summed E-state index contributed by atoms with van der Waals surface area (Å²) in [5.74, 6) is -0.0639. The van der Waals surface area contributed by atoms with Gasteiger partial charge in [0.25, 0.3) is 5.91 Å². The molecule has 2 fully saturated rings. The number of pyridine rings is 1. The molecule has 2 aliphatic heterocycles. The van der Waals surface area contributed by atoms with E-state index in [1.54, 1.807) is 12.1 Å². The van der Waals surface area contributed by atoms with Crippen molar-refractivity contribution in [1.82, 2.24) is 14.8 Å². The van der Waals surface area contributed by atoms with E-state index in [2.05, 4.69) is 9.88 Å². The molecule has 0 unspecified atom stereocenters. The van der Waals surface area contributed by atoms with Gasteiger partial charge in [0.15, 0.2) is 0 Å². The van der Waals surface area contributed by atoms with E-state index in [0.29, 0.717) is 11.7 Å². The topological polar surface area (TPSA) is 56.4 Å². The van der Waals surface area contributed by atoms with E-state index in [4.69, 9.17) is 0 Å². The smallest absolute Gasteiger partial charge is 0.270 e. The van der Waals surface area contributed by atoms with Crippen LogP contribution in [0.25, 0.3) is 0 Å². The number of aromatic amines is 1. The molecule has 1 N–H and O–H groups in total. The van der Waals surface area contributed by atoms with Crippen LogP contribution in [0.15, 0.2) is 23.0 Å². The van der Waals surface area contributed by atoms with E-state index in [1.807, 2.05) is 4.90 Å². The number of amides is 1. The molecule has 2 saturated heterocycles. The zero-order valence-corrected chi connectivity index (χ0v) is 11.0.